The lowest BCUT2D eigenvalue weighted by molar-refractivity contribution is 0.347. The van der Waals surface area contributed by atoms with E-state index in [1.807, 2.05) is 6.20 Å². The van der Waals surface area contributed by atoms with Gasteiger partial charge in [0.2, 0.25) is 0 Å². The van der Waals surface area contributed by atoms with Crippen LogP contribution in [0.5, 0.6) is 11.5 Å². The van der Waals surface area contributed by atoms with Crippen LogP contribution >= 0.6 is 0 Å². The van der Waals surface area contributed by atoms with Crippen molar-refractivity contribution in [1.82, 2.24) is 19.3 Å². The SMILES string of the molecule is CCC1=C[C@H](C)C[C@H](CC)[C@H]1c1c(C)nn(-c2cc(Oc3ccc4c5ccccc5n(-c5cc(CC(C)C)ccn5)c4c3)cc(C(C)(C)C)c2)c1C. The summed E-state index contributed by atoms with van der Waals surface area (Å²) in [7, 11) is 0. The number of aryl methyl sites for hydroxylation is 1. The summed E-state index contributed by atoms with van der Waals surface area (Å²) in [6.07, 6.45) is 8.98. The first-order valence-corrected chi connectivity index (χ1v) is 19.4. The van der Waals surface area contributed by atoms with Gasteiger partial charge in [-0.15, -0.1) is 0 Å². The van der Waals surface area contributed by atoms with Crippen LogP contribution in [0, 0.1) is 31.6 Å². The highest BCUT2D eigenvalue weighted by Crippen LogP contribution is 2.46. The van der Waals surface area contributed by atoms with Crippen molar-refractivity contribution in [2.24, 2.45) is 17.8 Å². The van der Waals surface area contributed by atoms with Gasteiger partial charge in [0.25, 0.3) is 0 Å². The minimum atomic E-state index is -0.0823. The van der Waals surface area contributed by atoms with Crippen molar-refractivity contribution in [1.29, 1.82) is 0 Å². The Labute approximate surface area is 310 Å². The van der Waals surface area contributed by atoms with Crippen molar-refractivity contribution in [3.63, 3.8) is 0 Å². The summed E-state index contributed by atoms with van der Waals surface area (Å²) in [5.41, 5.74) is 11.0. The molecule has 3 atom stereocenters. The van der Waals surface area contributed by atoms with Crippen molar-refractivity contribution in [2.45, 2.75) is 106 Å². The summed E-state index contributed by atoms with van der Waals surface area (Å²) in [6, 6.07) is 26.1. The second kappa shape index (κ2) is 14.1. The third-order valence-electron chi connectivity index (χ3n) is 11.2. The number of pyridine rings is 1. The van der Waals surface area contributed by atoms with E-state index in [1.165, 1.54) is 46.0 Å². The average molecular weight is 693 g/mol. The summed E-state index contributed by atoms with van der Waals surface area (Å²) in [5.74, 6) is 4.77. The molecule has 0 radical (unpaired) electrons. The molecule has 270 valence electrons. The van der Waals surface area contributed by atoms with Gasteiger partial charge in [-0.25, -0.2) is 9.67 Å². The molecule has 0 saturated carbocycles. The lowest BCUT2D eigenvalue weighted by Gasteiger charge is -2.35. The van der Waals surface area contributed by atoms with Gasteiger partial charge in [0.05, 0.1) is 22.4 Å². The van der Waals surface area contributed by atoms with Gasteiger partial charge < -0.3 is 4.74 Å². The molecule has 1 aliphatic carbocycles. The average Bonchev–Trinajstić information content (AvgIpc) is 3.59. The summed E-state index contributed by atoms with van der Waals surface area (Å²) >= 11 is 0. The lowest BCUT2D eigenvalue weighted by atomic mass is 9.69. The molecule has 52 heavy (non-hydrogen) atoms. The fourth-order valence-electron chi connectivity index (χ4n) is 8.75. The van der Waals surface area contributed by atoms with E-state index >= 15 is 0 Å². The van der Waals surface area contributed by atoms with Crippen LogP contribution in [0.2, 0.25) is 0 Å². The number of allylic oxidation sites excluding steroid dienone is 2. The maximum absolute atomic E-state index is 6.84. The number of rotatable bonds is 9. The minimum absolute atomic E-state index is 0.0823. The Balaban J connectivity index is 1.32. The molecule has 1 aliphatic rings. The molecule has 0 bridgehead atoms. The summed E-state index contributed by atoms with van der Waals surface area (Å²) in [5, 5.41) is 7.63. The Morgan fingerprint density at radius 3 is 2.38 bits per heavy atom. The third-order valence-corrected chi connectivity index (χ3v) is 11.2. The molecule has 3 aromatic carbocycles. The standard InChI is InChI=1S/C47H56N4O/c1-11-34-22-30(5)23-35(12-2)46(34)45-31(6)49-51(32(45)7)37-25-36(47(8,9)10)26-39(27-37)52-38-17-18-41-40-15-13-14-16-42(40)50(43(41)28-38)44-24-33(19-20-48-44)21-29(3)4/h13-20,22,24-30,35,46H,11-12,21,23H2,1-10H3/t30-,35-,46-/m0/s1. The van der Waals surface area contributed by atoms with Crippen LogP contribution in [0.1, 0.15) is 109 Å². The first-order valence-electron chi connectivity index (χ1n) is 19.4. The zero-order valence-corrected chi connectivity index (χ0v) is 32.9. The van der Waals surface area contributed by atoms with Crippen molar-refractivity contribution in [3.8, 4) is 23.0 Å². The number of ether oxygens (including phenoxy) is 1. The highest BCUT2D eigenvalue weighted by Gasteiger charge is 2.34. The van der Waals surface area contributed by atoms with Gasteiger partial charge >= 0.3 is 0 Å². The second-order valence-electron chi connectivity index (χ2n) is 16.7. The highest BCUT2D eigenvalue weighted by molar-refractivity contribution is 6.09. The van der Waals surface area contributed by atoms with Crippen LogP contribution in [0.25, 0.3) is 33.3 Å². The quantitative estimate of drug-likeness (QED) is 0.142. The maximum Gasteiger partial charge on any atom is 0.137 e. The van der Waals surface area contributed by atoms with E-state index in [1.54, 1.807) is 5.57 Å². The predicted octanol–water partition coefficient (Wildman–Crippen LogP) is 12.8. The smallest absolute Gasteiger partial charge is 0.137 e. The molecule has 0 fully saturated rings. The largest absolute Gasteiger partial charge is 0.457 e. The zero-order chi connectivity index (χ0) is 36.9. The number of para-hydroxylation sites is 1. The van der Waals surface area contributed by atoms with E-state index in [9.17, 15) is 0 Å². The monoisotopic (exact) mass is 692 g/mol. The van der Waals surface area contributed by atoms with Gasteiger partial charge in [-0.05, 0) is 110 Å². The molecule has 5 nitrogen and oxygen atoms in total. The molecule has 0 amide bonds. The molecule has 0 aliphatic heterocycles. The summed E-state index contributed by atoms with van der Waals surface area (Å²) < 4.78 is 11.3. The Morgan fingerprint density at radius 1 is 0.885 bits per heavy atom. The molecule has 0 N–H and O–H groups in total. The fraction of sp³-hybridized carbons (Fsp3) is 0.404. The van der Waals surface area contributed by atoms with Gasteiger partial charge in [-0.3, -0.25) is 4.57 Å². The van der Waals surface area contributed by atoms with Crippen molar-refractivity contribution in [3.05, 3.63) is 119 Å². The minimum Gasteiger partial charge on any atom is -0.457 e. The zero-order valence-electron chi connectivity index (χ0n) is 32.9. The van der Waals surface area contributed by atoms with E-state index < -0.39 is 0 Å². The second-order valence-corrected chi connectivity index (χ2v) is 16.7. The Bertz CT molecular complexity index is 2280. The maximum atomic E-state index is 6.84. The van der Waals surface area contributed by atoms with Crippen molar-refractivity contribution >= 4 is 21.8 Å². The number of fused-ring (bicyclic) bond motifs is 3. The highest BCUT2D eigenvalue weighted by atomic mass is 16.5. The van der Waals surface area contributed by atoms with Gasteiger partial charge in [-0.1, -0.05) is 91.7 Å². The number of hydrogen-bond donors (Lipinski definition) is 0. The van der Waals surface area contributed by atoms with Crippen LogP contribution in [0.4, 0.5) is 0 Å². The topological polar surface area (TPSA) is 44.9 Å². The van der Waals surface area contributed by atoms with Gasteiger partial charge in [0.15, 0.2) is 0 Å². The molecule has 0 unspecified atom stereocenters. The molecule has 5 heteroatoms. The Hall–Kier alpha value is -4.64. The third kappa shape index (κ3) is 6.71. The van der Waals surface area contributed by atoms with Crippen LogP contribution in [0.15, 0.2) is 90.6 Å². The lowest BCUT2D eigenvalue weighted by Crippen LogP contribution is -2.23. The van der Waals surface area contributed by atoms with E-state index in [2.05, 4.69) is 157 Å². The molecule has 6 aromatic rings. The molecular formula is C47H56N4O. The number of benzene rings is 3. The number of hydrogen-bond acceptors (Lipinski definition) is 3. The Morgan fingerprint density at radius 2 is 1.65 bits per heavy atom. The van der Waals surface area contributed by atoms with E-state index in [0.29, 0.717) is 23.7 Å². The van der Waals surface area contributed by atoms with E-state index in [4.69, 9.17) is 14.8 Å². The van der Waals surface area contributed by atoms with Gasteiger partial charge in [-0.2, -0.15) is 5.10 Å². The van der Waals surface area contributed by atoms with Crippen molar-refractivity contribution in [2.75, 3.05) is 0 Å². The molecule has 7 rings (SSSR count). The van der Waals surface area contributed by atoms with E-state index in [-0.39, 0.29) is 5.41 Å². The van der Waals surface area contributed by atoms with E-state index in [0.717, 1.165) is 52.6 Å². The van der Waals surface area contributed by atoms with Gasteiger partial charge in [0.1, 0.15) is 17.3 Å². The first-order chi connectivity index (χ1) is 24.9. The fourth-order valence-corrected chi connectivity index (χ4v) is 8.75. The normalized spacial score (nSPS) is 18.1. The Kier molecular flexibility index (Phi) is 9.67. The van der Waals surface area contributed by atoms with Crippen molar-refractivity contribution < 1.29 is 4.74 Å². The molecule has 0 spiro atoms. The summed E-state index contributed by atoms with van der Waals surface area (Å²) in [4.78, 5) is 4.87. The predicted molar refractivity (Wildman–Crippen MR) is 218 cm³/mol. The van der Waals surface area contributed by atoms with Crippen LogP contribution in [0.3, 0.4) is 0 Å². The molecule has 0 saturated heterocycles. The number of aromatic nitrogens is 4. The van der Waals surface area contributed by atoms with Crippen LogP contribution in [-0.2, 0) is 11.8 Å². The first kappa shape index (κ1) is 35.7. The molecular weight excluding hydrogens is 637 g/mol. The molecule has 3 aromatic heterocycles. The number of nitrogens with zero attached hydrogens (tertiary/aromatic N) is 4. The summed E-state index contributed by atoms with van der Waals surface area (Å²) in [6.45, 7) is 22.8. The van der Waals surface area contributed by atoms with Gasteiger partial charge in [0, 0.05) is 46.3 Å². The van der Waals surface area contributed by atoms with Crippen LogP contribution in [-0.4, -0.2) is 19.3 Å². The van der Waals surface area contributed by atoms with Crippen LogP contribution < -0.4 is 4.74 Å². The molecule has 3 heterocycles.